The third-order valence-electron chi connectivity index (χ3n) is 7.20. The summed E-state index contributed by atoms with van der Waals surface area (Å²) >= 11 is 0. The number of benzene rings is 4. The topological polar surface area (TPSA) is 32.0 Å². The molecule has 0 radical (unpaired) electrons. The van der Waals surface area contributed by atoms with E-state index in [1.165, 1.54) is 22.0 Å². The first kappa shape index (κ1) is 21.5. The molecule has 0 aliphatic carbocycles. The van der Waals surface area contributed by atoms with E-state index >= 15 is 0 Å². The number of aryl methyl sites for hydroxylation is 1. The predicted molar refractivity (Wildman–Crippen MR) is 152 cm³/mol. The molecule has 178 valence electrons. The molecule has 0 atom stereocenters. The van der Waals surface area contributed by atoms with Gasteiger partial charge in [-0.15, -0.1) is 0 Å². The molecule has 7 aromatic rings. The Bertz CT molecular complexity index is 1910. The van der Waals surface area contributed by atoms with Crippen molar-refractivity contribution in [3.05, 3.63) is 121 Å². The van der Waals surface area contributed by atoms with Crippen molar-refractivity contribution >= 4 is 32.8 Å². The minimum atomic E-state index is 0.821. The molecule has 7 rings (SSSR count). The van der Waals surface area contributed by atoms with Crippen molar-refractivity contribution in [2.45, 2.75) is 6.92 Å². The number of ether oxygens (including phenoxy) is 1. The van der Waals surface area contributed by atoms with Crippen LogP contribution in [0.1, 0.15) is 5.56 Å². The van der Waals surface area contributed by atoms with Gasteiger partial charge >= 0.3 is 0 Å². The summed E-state index contributed by atoms with van der Waals surface area (Å²) in [5.74, 6) is 1.71. The van der Waals surface area contributed by atoms with E-state index in [9.17, 15) is 0 Å². The third-order valence-corrected chi connectivity index (χ3v) is 7.20. The Balaban J connectivity index is 1.61. The number of fused-ring (bicyclic) bond motifs is 5. The van der Waals surface area contributed by atoms with Gasteiger partial charge in [0.1, 0.15) is 11.6 Å². The van der Waals surface area contributed by atoms with Gasteiger partial charge in [-0.05, 0) is 54.4 Å². The second-order valence-corrected chi connectivity index (χ2v) is 9.33. The SMILES string of the molecule is COc1ccc2c(c1)n(-c1cc(C)c(-c3ccccc3)cn1)c1c3ccccc3n(-c3ccccc3)c21. The van der Waals surface area contributed by atoms with Crippen LogP contribution in [-0.4, -0.2) is 21.2 Å². The molecule has 0 spiro atoms. The summed E-state index contributed by atoms with van der Waals surface area (Å²) in [6, 6.07) is 38.1. The Morgan fingerprint density at radius 2 is 1.32 bits per heavy atom. The van der Waals surface area contributed by atoms with Crippen molar-refractivity contribution in [1.82, 2.24) is 14.1 Å². The summed E-state index contributed by atoms with van der Waals surface area (Å²) in [6.07, 6.45) is 1.99. The summed E-state index contributed by atoms with van der Waals surface area (Å²) in [5.41, 5.74) is 9.17. The maximum atomic E-state index is 5.65. The van der Waals surface area contributed by atoms with Crippen LogP contribution in [-0.2, 0) is 0 Å². The predicted octanol–water partition coefficient (Wildman–Crippen LogP) is 8.11. The largest absolute Gasteiger partial charge is 0.497 e. The first-order valence-electron chi connectivity index (χ1n) is 12.4. The highest BCUT2D eigenvalue weighted by Gasteiger charge is 2.23. The van der Waals surface area contributed by atoms with Gasteiger partial charge in [0.05, 0.1) is 29.2 Å². The Morgan fingerprint density at radius 1 is 0.649 bits per heavy atom. The molecule has 0 fully saturated rings. The van der Waals surface area contributed by atoms with Crippen LogP contribution in [0.5, 0.6) is 5.75 Å². The fraction of sp³-hybridized carbons (Fsp3) is 0.0606. The van der Waals surface area contributed by atoms with Crippen molar-refractivity contribution in [3.8, 4) is 28.4 Å². The van der Waals surface area contributed by atoms with Crippen LogP contribution >= 0.6 is 0 Å². The van der Waals surface area contributed by atoms with Gasteiger partial charge in [0.2, 0.25) is 0 Å². The van der Waals surface area contributed by atoms with E-state index in [4.69, 9.17) is 9.72 Å². The molecule has 0 saturated heterocycles. The van der Waals surface area contributed by atoms with Gasteiger partial charge in [-0.1, -0.05) is 66.7 Å². The smallest absolute Gasteiger partial charge is 0.137 e. The molecular formula is C33H25N3O. The lowest BCUT2D eigenvalue weighted by molar-refractivity contribution is 0.415. The number of hydrogen-bond acceptors (Lipinski definition) is 2. The van der Waals surface area contributed by atoms with Crippen molar-refractivity contribution in [3.63, 3.8) is 0 Å². The number of pyridine rings is 1. The van der Waals surface area contributed by atoms with Crippen LogP contribution in [0, 0.1) is 6.92 Å². The Labute approximate surface area is 215 Å². The second kappa shape index (κ2) is 8.38. The number of nitrogens with zero attached hydrogens (tertiary/aromatic N) is 3. The molecule has 0 bridgehead atoms. The molecule has 0 amide bonds. The van der Waals surface area contributed by atoms with Crippen LogP contribution < -0.4 is 4.74 Å². The fourth-order valence-electron chi connectivity index (χ4n) is 5.51. The molecule has 0 saturated carbocycles. The van der Waals surface area contributed by atoms with Crippen molar-refractivity contribution < 1.29 is 4.74 Å². The van der Waals surface area contributed by atoms with E-state index in [0.717, 1.165) is 44.8 Å². The molecular weight excluding hydrogens is 454 g/mol. The summed E-state index contributed by atoms with van der Waals surface area (Å²) < 4.78 is 10.3. The minimum Gasteiger partial charge on any atom is -0.497 e. The van der Waals surface area contributed by atoms with E-state index in [-0.39, 0.29) is 0 Å². The van der Waals surface area contributed by atoms with Gasteiger partial charge in [0.15, 0.2) is 0 Å². The summed E-state index contributed by atoms with van der Waals surface area (Å²) in [7, 11) is 1.71. The summed E-state index contributed by atoms with van der Waals surface area (Å²) in [6.45, 7) is 2.16. The van der Waals surface area contributed by atoms with E-state index in [1.54, 1.807) is 7.11 Å². The van der Waals surface area contributed by atoms with Gasteiger partial charge in [0, 0.05) is 34.3 Å². The van der Waals surface area contributed by atoms with Crippen LogP contribution in [0.2, 0.25) is 0 Å². The van der Waals surface area contributed by atoms with Crippen molar-refractivity contribution in [2.75, 3.05) is 7.11 Å². The van der Waals surface area contributed by atoms with E-state index in [1.807, 2.05) is 18.3 Å². The zero-order chi connectivity index (χ0) is 24.9. The average Bonchev–Trinajstić information content (AvgIpc) is 3.46. The van der Waals surface area contributed by atoms with Crippen molar-refractivity contribution in [1.29, 1.82) is 0 Å². The Hall–Kier alpha value is -4.83. The molecule has 0 unspecified atom stereocenters. The lowest BCUT2D eigenvalue weighted by Crippen LogP contribution is -1.99. The third kappa shape index (κ3) is 3.26. The highest BCUT2D eigenvalue weighted by Crippen LogP contribution is 2.41. The maximum Gasteiger partial charge on any atom is 0.137 e. The first-order chi connectivity index (χ1) is 18.2. The first-order valence-corrected chi connectivity index (χ1v) is 12.4. The zero-order valence-electron chi connectivity index (χ0n) is 20.7. The van der Waals surface area contributed by atoms with Crippen LogP contribution in [0.4, 0.5) is 0 Å². The summed E-state index contributed by atoms with van der Waals surface area (Å²) in [5, 5.41) is 2.34. The van der Waals surface area contributed by atoms with E-state index in [2.05, 4.69) is 113 Å². The summed E-state index contributed by atoms with van der Waals surface area (Å²) in [4.78, 5) is 5.02. The fourth-order valence-corrected chi connectivity index (χ4v) is 5.51. The minimum absolute atomic E-state index is 0.821. The highest BCUT2D eigenvalue weighted by molar-refractivity contribution is 6.20. The molecule has 4 aromatic carbocycles. The molecule has 0 aliphatic rings. The molecule has 4 heteroatoms. The van der Waals surface area contributed by atoms with Gasteiger partial charge in [-0.25, -0.2) is 4.98 Å². The maximum absolute atomic E-state index is 5.65. The molecule has 0 aliphatic heterocycles. The normalized spacial score (nSPS) is 11.5. The van der Waals surface area contributed by atoms with Crippen LogP contribution in [0.15, 0.2) is 115 Å². The molecule has 37 heavy (non-hydrogen) atoms. The highest BCUT2D eigenvalue weighted by atomic mass is 16.5. The van der Waals surface area contributed by atoms with Gasteiger partial charge in [-0.2, -0.15) is 0 Å². The van der Waals surface area contributed by atoms with E-state index < -0.39 is 0 Å². The number of methoxy groups -OCH3 is 1. The Kier molecular flexibility index (Phi) is 4.86. The van der Waals surface area contributed by atoms with Gasteiger partial charge < -0.3 is 9.30 Å². The zero-order valence-corrected chi connectivity index (χ0v) is 20.7. The Morgan fingerprint density at radius 3 is 2.08 bits per heavy atom. The van der Waals surface area contributed by atoms with Crippen molar-refractivity contribution in [2.24, 2.45) is 0 Å². The number of rotatable bonds is 4. The molecule has 3 aromatic heterocycles. The lowest BCUT2D eigenvalue weighted by Gasteiger charge is -2.12. The quantitative estimate of drug-likeness (QED) is 0.255. The molecule has 4 nitrogen and oxygen atoms in total. The van der Waals surface area contributed by atoms with Crippen LogP contribution in [0.3, 0.4) is 0 Å². The van der Waals surface area contributed by atoms with E-state index in [0.29, 0.717) is 0 Å². The standard InChI is InChI=1S/C33H25N3O/c1-22-19-31(34-21-28(22)23-11-5-3-6-12-23)36-30-20-25(37-2)17-18-27(30)32-33(36)26-15-9-10-16-29(26)35(32)24-13-7-4-8-14-24/h3-21H,1-2H3. The monoisotopic (exact) mass is 479 g/mol. The second-order valence-electron chi connectivity index (χ2n) is 9.33. The van der Waals surface area contributed by atoms with Crippen LogP contribution in [0.25, 0.3) is 55.5 Å². The lowest BCUT2D eigenvalue weighted by atomic mass is 10.0. The number of para-hydroxylation sites is 2. The number of hydrogen-bond donors (Lipinski definition) is 0. The molecule has 3 heterocycles. The van der Waals surface area contributed by atoms with Gasteiger partial charge in [-0.3, -0.25) is 4.57 Å². The average molecular weight is 480 g/mol. The molecule has 0 N–H and O–H groups in total. The number of aromatic nitrogens is 3. The van der Waals surface area contributed by atoms with Gasteiger partial charge in [0.25, 0.3) is 0 Å².